The molecule has 0 bridgehead atoms. The molecule has 0 aromatic heterocycles. The van der Waals surface area contributed by atoms with Crippen LogP contribution in [0.4, 0.5) is 11.4 Å². The molecule has 21 heavy (non-hydrogen) atoms. The predicted octanol–water partition coefficient (Wildman–Crippen LogP) is 2.76. The molecule has 1 aromatic carbocycles. The minimum absolute atomic E-state index is 0.162. The van der Waals surface area contributed by atoms with Crippen molar-refractivity contribution < 1.29 is 9.53 Å². The molecule has 2 aliphatic rings. The first-order valence-corrected chi connectivity index (χ1v) is 7.51. The molecule has 0 saturated carbocycles. The van der Waals surface area contributed by atoms with Crippen LogP contribution in [0.5, 0.6) is 0 Å². The molecule has 1 aromatic rings. The largest absolute Gasteiger partial charge is 0.398 e. The first-order chi connectivity index (χ1) is 10.1. The molecule has 0 spiro atoms. The fourth-order valence-electron chi connectivity index (χ4n) is 3.25. The first-order valence-electron chi connectivity index (χ1n) is 7.51. The maximum atomic E-state index is 11.8. The average molecular weight is 286 g/mol. The van der Waals surface area contributed by atoms with E-state index in [2.05, 4.69) is 12.1 Å². The van der Waals surface area contributed by atoms with Gasteiger partial charge in [0.25, 0.3) is 0 Å². The summed E-state index contributed by atoms with van der Waals surface area (Å²) in [4.78, 5) is 13.5. The van der Waals surface area contributed by atoms with Gasteiger partial charge in [0.05, 0.1) is 6.10 Å². The minimum atomic E-state index is 0.162. The molecule has 2 N–H and O–H groups in total. The summed E-state index contributed by atoms with van der Waals surface area (Å²) >= 11 is 0. The highest BCUT2D eigenvalue weighted by Crippen LogP contribution is 2.37. The summed E-state index contributed by atoms with van der Waals surface area (Å²) in [6.07, 6.45) is 6.94. The summed E-state index contributed by atoms with van der Waals surface area (Å²) in [6.45, 7) is 0. The maximum Gasteiger partial charge on any atom is 0.227 e. The molecule has 3 rings (SSSR count). The summed E-state index contributed by atoms with van der Waals surface area (Å²) in [6, 6.07) is 4.12. The van der Waals surface area contributed by atoms with Crippen molar-refractivity contribution in [3.63, 3.8) is 0 Å². The molecular formula is C17H22N2O2. The van der Waals surface area contributed by atoms with Gasteiger partial charge >= 0.3 is 0 Å². The Hall–Kier alpha value is -1.81. The molecule has 1 aliphatic heterocycles. The molecule has 4 nitrogen and oxygen atoms in total. The van der Waals surface area contributed by atoms with Crippen LogP contribution in [0.3, 0.4) is 0 Å². The molecule has 1 aliphatic carbocycles. The highest BCUT2D eigenvalue weighted by molar-refractivity contribution is 5.97. The van der Waals surface area contributed by atoms with Crippen LogP contribution in [0.25, 0.3) is 5.57 Å². The van der Waals surface area contributed by atoms with Crippen LogP contribution in [0.2, 0.25) is 0 Å². The van der Waals surface area contributed by atoms with Gasteiger partial charge in [-0.3, -0.25) is 4.79 Å². The lowest BCUT2D eigenvalue weighted by atomic mass is 9.88. The van der Waals surface area contributed by atoms with E-state index in [4.69, 9.17) is 10.5 Å². The molecule has 112 valence electrons. The number of methoxy groups -OCH3 is 1. The first kappa shape index (κ1) is 14.1. The fourth-order valence-corrected chi connectivity index (χ4v) is 3.25. The third kappa shape index (κ3) is 2.56. The quantitative estimate of drug-likeness (QED) is 0.851. The highest BCUT2D eigenvalue weighted by Gasteiger charge is 2.23. The molecule has 4 heteroatoms. The van der Waals surface area contributed by atoms with Crippen LogP contribution < -0.4 is 10.6 Å². The lowest BCUT2D eigenvalue weighted by Crippen LogP contribution is -2.31. The van der Waals surface area contributed by atoms with Crippen LogP contribution in [-0.4, -0.2) is 26.2 Å². The van der Waals surface area contributed by atoms with Gasteiger partial charge in [-0.25, -0.2) is 0 Å². The minimum Gasteiger partial charge on any atom is -0.398 e. The number of ether oxygens (including phenoxy) is 1. The normalized spacial score (nSPS) is 22.0. The van der Waals surface area contributed by atoms with Gasteiger partial charge in [0.15, 0.2) is 0 Å². The Balaban J connectivity index is 1.95. The van der Waals surface area contributed by atoms with E-state index in [0.29, 0.717) is 12.5 Å². The number of benzene rings is 1. The van der Waals surface area contributed by atoms with Crippen molar-refractivity contribution >= 4 is 22.9 Å². The van der Waals surface area contributed by atoms with Crippen molar-refractivity contribution in [2.45, 2.75) is 38.2 Å². The van der Waals surface area contributed by atoms with Crippen molar-refractivity contribution in [2.24, 2.45) is 0 Å². The van der Waals surface area contributed by atoms with E-state index in [1.54, 1.807) is 12.0 Å². The van der Waals surface area contributed by atoms with Gasteiger partial charge in [0, 0.05) is 37.5 Å². The van der Waals surface area contributed by atoms with E-state index in [-0.39, 0.29) is 5.91 Å². The van der Waals surface area contributed by atoms with Gasteiger partial charge in [-0.2, -0.15) is 0 Å². The van der Waals surface area contributed by atoms with Crippen LogP contribution >= 0.6 is 0 Å². The number of nitrogen functional groups attached to an aromatic ring is 1. The number of aryl methyl sites for hydroxylation is 1. The molecule has 1 amide bonds. The van der Waals surface area contributed by atoms with Crippen molar-refractivity contribution in [3.05, 3.63) is 29.3 Å². The Bertz CT molecular complexity index is 607. The van der Waals surface area contributed by atoms with Crippen LogP contribution in [0.15, 0.2) is 18.2 Å². The number of carbonyl (C=O) groups is 1. The van der Waals surface area contributed by atoms with Crippen LogP contribution in [-0.2, 0) is 16.0 Å². The standard InChI is InChI=1S/C17H22N2O2/c1-19-16-10-15(18)14(9-12(16)5-8-17(19)20)11-3-6-13(21-2)7-4-11/h3,9-10,13H,4-8,18H2,1-2H3. The third-order valence-electron chi connectivity index (χ3n) is 4.64. The Labute approximate surface area is 125 Å². The Kier molecular flexibility index (Phi) is 3.72. The summed E-state index contributed by atoms with van der Waals surface area (Å²) in [5.41, 5.74) is 11.6. The second kappa shape index (κ2) is 5.53. The number of allylic oxidation sites excluding steroid dienone is 1. The number of rotatable bonds is 2. The molecule has 0 saturated heterocycles. The van der Waals surface area contributed by atoms with Gasteiger partial charge in [0.2, 0.25) is 5.91 Å². The summed E-state index contributed by atoms with van der Waals surface area (Å²) < 4.78 is 5.40. The topological polar surface area (TPSA) is 55.6 Å². The zero-order chi connectivity index (χ0) is 15.0. The second-order valence-corrected chi connectivity index (χ2v) is 5.88. The number of nitrogens with zero attached hydrogens (tertiary/aromatic N) is 1. The van der Waals surface area contributed by atoms with E-state index in [1.165, 1.54) is 11.1 Å². The second-order valence-electron chi connectivity index (χ2n) is 5.88. The average Bonchev–Trinajstić information content (AvgIpc) is 2.51. The Morgan fingerprint density at radius 2 is 2.10 bits per heavy atom. The van der Waals surface area contributed by atoms with Crippen LogP contribution in [0.1, 0.15) is 36.8 Å². The van der Waals surface area contributed by atoms with E-state index in [0.717, 1.165) is 42.6 Å². The van der Waals surface area contributed by atoms with Crippen LogP contribution in [0, 0.1) is 0 Å². The van der Waals surface area contributed by atoms with Crippen molar-refractivity contribution in [1.29, 1.82) is 0 Å². The number of hydrogen-bond acceptors (Lipinski definition) is 3. The monoisotopic (exact) mass is 286 g/mol. The highest BCUT2D eigenvalue weighted by atomic mass is 16.5. The molecule has 1 atom stereocenters. The van der Waals surface area contributed by atoms with Crippen molar-refractivity contribution in [3.8, 4) is 0 Å². The molecule has 1 unspecified atom stereocenters. The number of hydrogen-bond donors (Lipinski definition) is 1. The van der Waals surface area contributed by atoms with E-state index < -0.39 is 0 Å². The molecule has 0 fully saturated rings. The van der Waals surface area contributed by atoms with Gasteiger partial charge < -0.3 is 15.4 Å². The maximum absolute atomic E-state index is 11.8. The smallest absolute Gasteiger partial charge is 0.227 e. The number of fused-ring (bicyclic) bond motifs is 1. The predicted molar refractivity (Wildman–Crippen MR) is 85.2 cm³/mol. The fraction of sp³-hybridized carbons (Fsp3) is 0.471. The zero-order valence-corrected chi connectivity index (χ0v) is 12.7. The SMILES string of the molecule is COC1CC=C(c2cc3c(cc2N)N(C)C(=O)CC3)CC1. The Morgan fingerprint density at radius 3 is 2.76 bits per heavy atom. The van der Waals surface area contributed by atoms with Crippen molar-refractivity contribution in [1.82, 2.24) is 0 Å². The summed E-state index contributed by atoms with van der Waals surface area (Å²) in [5, 5.41) is 0. The third-order valence-corrected chi connectivity index (χ3v) is 4.64. The van der Waals surface area contributed by atoms with Gasteiger partial charge in [-0.1, -0.05) is 6.08 Å². The zero-order valence-electron chi connectivity index (χ0n) is 12.7. The lowest BCUT2D eigenvalue weighted by Gasteiger charge is -2.28. The van der Waals surface area contributed by atoms with Gasteiger partial charge in [0.1, 0.15) is 0 Å². The van der Waals surface area contributed by atoms with E-state index in [1.807, 2.05) is 13.1 Å². The number of anilines is 2. The van der Waals surface area contributed by atoms with E-state index >= 15 is 0 Å². The van der Waals surface area contributed by atoms with Gasteiger partial charge in [-0.05, 0) is 49.0 Å². The number of nitrogens with two attached hydrogens (primary N) is 1. The Morgan fingerprint density at radius 1 is 1.29 bits per heavy atom. The lowest BCUT2D eigenvalue weighted by molar-refractivity contribution is -0.118. The molecular weight excluding hydrogens is 264 g/mol. The summed E-state index contributed by atoms with van der Waals surface area (Å²) in [5.74, 6) is 0.162. The number of amides is 1. The van der Waals surface area contributed by atoms with Gasteiger partial charge in [-0.15, -0.1) is 0 Å². The summed E-state index contributed by atoms with van der Waals surface area (Å²) in [7, 11) is 3.59. The van der Waals surface area contributed by atoms with Crippen molar-refractivity contribution in [2.75, 3.05) is 24.8 Å². The number of carbonyl (C=O) groups excluding carboxylic acids is 1. The van der Waals surface area contributed by atoms with E-state index in [9.17, 15) is 4.79 Å². The molecule has 1 heterocycles. The molecule has 0 radical (unpaired) electrons.